The van der Waals surface area contributed by atoms with Gasteiger partial charge in [-0.15, -0.1) is 0 Å². The van der Waals surface area contributed by atoms with Crippen molar-refractivity contribution in [3.05, 3.63) is 30.1 Å². The molecule has 2 aliphatic rings. The number of likely N-dealkylation sites (tertiary alicyclic amines) is 1. The highest BCUT2D eigenvalue weighted by Gasteiger charge is 2.48. The normalized spacial score (nSPS) is 24.2. The lowest BCUT2D eigenvalue weighted by molar-refractivity contribution is -0.175. The highest BCUT2D eigenvalue weighted by Crippen LogP contribution is 2.31. The number of amides is 2. The Balaban J connectivity index is 1.67. The molecule has 1 atom stereocenters. The third kappa shape index (κ3) is 4.06. The molecule has 1 aromatic heterocycles. The molecule has 3 rings (SSSR count). The Morgan fingerprint density at radius 3 is 2.92 bits per heavy atom. The zero-order valence-corrected chi connectivity index (χ0v) is 15.8. The second-order valence-corrected chi connectivity index (χ2v) is 7.57. The highest BCUT2D eigenvalue weighted by atomic mass is 16.5. The van der Waals surface area contributed by atoms with Gasteiger partial charge in [-0.25, -0.2) is 0 Å². The quantitative estimate of drug-likeness (QED) is 0.825. The Bertz CT molecular complexity index is 634. The summed E-state index contributed by atoms with van der Waals surface area (Å²) in [5, 5.41) is 0. The van der Waals surface area contributed by atoms with Gasteiger partial charge in [-0.2, -0.15) is 0 Å². The van der Waals surface area contributed by atoms with E-state index < -0.39 is 5.60 Å². The molecule has 26 heavy (non-hydrogen) atoms. The number of pyridine rings is 1. The maximum absolute atomic E-state index is 13.2. The predicted octanol–water partition coefficient (Wildman–Crippen LogP) is 2.03. The van der Waals surface area contributed by atoms with Crippen molar-refractivity contribution in [1.82, 2.24) is 14.8 Å². The molecule has 1 spiro atoms. The van der Waals surface area contributed by atoms with Gasteiger partial charge in [0, 0.05) is 37.9 Å². The van der Waals surface area contributed by atoms with E-state index in [1.165, 1.54) is 0 Å². The maximum atomic E-state index is 13.2. The first-order chi connectivity index (χ1) is 12.5. The number of carbonyl (C=O) groups is 2. The maximum Gasteiger partial charge on any atom is 0.256 e. The summed E-state index contributed by atoms with van der Waals surface area (Å²) in [7, 11) is 0. The molecule has 142 valence electrons. The topological polar surface area (TPSA) is 62.7 Å². The first-order valence-electron chi connectivity index (χ1n) is 9.63. The van der Waals surface area contributed by atoms with Crippen LogP contribution in [0.15, 0.2) is 24.5 Å². The molecule has 2 saturated heterocycles. The summed E-state index contributed by atoms with van der Waals surface area (Å²) in [6, 6.07) is 4.02. The second kappa shape index (κ2) is 8.16. The van der Waals surface area contributed by atoms with Crippen molar-refractivity contribution in [2.75, 3.05) is 26.2 Å². The molecule has 1 aromatic rings. The highest BCUT2D eigenvalue weighted by molar-refractivity contribution is 5.87. The van der Waals surface area contributed by atoms with Gasteiger partial charge in [0.15, 0.2) is 5.60 Å². The minimum Gasteiger partial charge on any atom is -0.361 e. The first-order valence-corrected chi connectivity index (χ1v) is 9.63. The summed E-state index contributed by atoms with van der Waals surface area (Å²) < 4.78 is 6.03. The van der Waals surface area contributed by atoms with Gasteiger partial charge in [-0.1, -0.05) is 6.07 Å². The number of hydrogen-bond donors (Lipinski definition) is 0. The van der Waals surface area contributed by atoms with E-state index >= 15 is 0 Å². The SMILES string of the molecule is CC(C)N1CCCCC2(CN(C(=O)CCc3cccnc3)CCO2)C1=O. The number of carbonyl (C=O) groups excluding carboxylic acids is 2. The monoisotopic (exact) mass is 359 g/mol. The van der Waals surface area contributed by atoms with E-state index in [4.69, 9.17) is 4.74 Å². The number of hydrogen-bond acceptors (Lipinski definition) is 4. The molecule has 6 nitrogen and oxygen atoms in total. The Morgan fingerprint density at radius 2 is 2.19 bits per heavy atom. The standard InChI is InChI=1S/C20H29N3O3/c1-16(2)23-11-4-3-9-20(19(23)25)15-22(12-13-26-20)18(24)8-7-17-6-5-10-21-14-17/h5-6,10,14,16H,3-4,7-9,11-13,15H2,1-2H3. The van der Waals surface area contributed by atoms with Crippen molar-refractivity contribution in [1.29, 1.82) is 0 Å². The van der Waals surface area contributed by atoms with Gasteiger partial charge in [0.05, 0.1) is 13.2 Å². The zero-order chi connectivity index (χ0) is 18.6. The molecule has 0 bridgehead atoms. The number of rotatable bonds is 4. The average molecular weight is 359 g/mol. The third-order valence-electron chi connectivity index (χ3n) is 5.39. The van der Waals surface area contributed by atoms with Crippen molar-refractivity contribution < 1.29 is 14.3 Å². The summed E-state index contributed by atoms with van der Waals surface area (Å²) in [4.78, 5) is 33.7. The summed E-state index contributed by atoms with van der Waals surface area (Å²) >= 11 is 0. The number of ether oxygens (including phenoxy) is 1. The Hall–Kier alpha value is -1.95. The van der Waals surface area contributed by atoms with Gasteiger partial charge in [-0.05, 0) is 51.2 Å². The van der Waals surface area contributed by atoms with Crippen molar-refractivity contribution in [2.45, 2.75) is 57.6 Å². The van der Waals surface area contributed by atoms with Crippen LogP contribution in [0, 0.1) is 0 Å². The van der Waals surface area contributed by atoms with Crippen LogP contribution in [0.1, 0.15) is 45.1 Å². The first kappa shape index (κ1) is 18.8. The van der Waals surface area contributed by atoms with Crippen LogP contribution >= 0.6 is 0 Å². The van der Waals surface area contributed by atoms with E-state index in [2.05, 4.69) is 4.98 Å². The molecule has 2 fully saturated rings. The van der Waals surface area contributed by atoms with Crippen LogP contribution in [0.5, 0.6) is 0 Å². The number of aromatic nitrogens is 1. The average Bonchev–Trinajstić information content (AvgIpc) is 2.80. The third-order valence-corrected chi connectivity index (χ3v) is 5.39. The lowest BCUT2D eigenvalue weighted by Crippen LogP contribution is -2.61. The molecule has 3 heterocycles. The van der Waals surface area contributed by atoms with Gasteiger partial charge >= 0.3 is 0 Å². The van der Waals surface area contributed by atoms with Crippen molar-refractivity contribution in [3.8, 4) is 0 Å². The van der Waals surface area contributed by atoms with Gasteiger partial charge in [0.25, 0.3) is 5.91 Å². The van der Waals surface area contributed by atoms with Crippen LogP contribution in [-0.4, -0.2) is 64.5 Å². The van der Waals surface area contributed by atoms with Crippen LogP contribution in [0.25, 0.3) is 0 Å². The molecule has 0 N–H and O–H groups in total. The summed E-state index contributed by atoms with van der Waals surface area (Å²) in [6.45, 7) is 6.21. The summed E-state index contributed by atoms with van der Waals surface area (Å²) in [5.74, 6) is 0.138. The van der Waals surface area contributed by atoms with Crippen LogP contribution in [-0.2, 0) is 20.7 Å². The molecule has 0 aliphatic carbocycles. The Morgan fingerprint density at radius 1 is 1.35 bits per heavy atom. The number of aryl methyl sites for hydroxylation is 1. The molecular formula is C20H29N3O3. The zero-order valence-electron chi connectivity index (χ0n) is 15.8. The summed E-state index contributed by atoms with van der Waals surface area (Å²) in [6.07, 6.45) is 7.27. The van der Waals surface area contributed by atoms with Crippen molar-refractivity contribution >= 4 is 11.8 Å². The molecule has 0 radical (unpaired) electrons. The Kier molecular flexibility index (Phi) is 5.91. The minimum atomic E-state index is -0.858. The van der Waals surface area contributed by atoms with E-state index in [1.807, 2.05) is 35.8 Å². The smallest absolute Gasteiger partial charge is 0.256 e. The fourth-order valence-corrected chi connectivity index (χ4v) is 3.89. The van der Waals surface area contributed by atoms with Crippen LogP contribution in [0.4, 0.5) is 0 Å². The van der Waals surface area contributed by atoms with Crippen molar-refractivity contribution in [2.24, 2.45) is 0 Å². The second-order valence-electron chi connectivity index (χ2n) is 7.57. The lowest BCUT2D eigenvalue weighted by atomic mass is 9.93. The molecular weight excluding hydrogens is 330 g/mol. The largest absolute Gasteiger partial charge is 0.361 e. The molecule has 2 aliphatic heterocycles. The van der Waals surface area contributed by atoms with E-state index in [-0.39, 0.29) is 17.9 Å². The molecule has 0 saturated carbocycles. The lowest BCUT2D eigenvalue weighted by Gasteiger charge is -2.43. The molecule has 0 aromatic carbocycles. The fourth-order valence-electron chi connectivity index (χ4n) is 3.89. The van der Waals surface area contributed by atoms with E-state index in [9.17, 15) is 9.59 Å². The Labute approximate surface area is 155 Å². The molecule has 2 amide bonds. The fraction of sp³-hybridized carbons (Fsp3) is 0.650. The van der Waals surface area contributed by atoms with Gasteiger partial charge in [-0.3, -0.25) is 14.6 Å². The van der Waals surface area contributed by atoms with Crippen molar-refractivity contribution in [3.63, 3.8) is 0 Å². The van der Waals surface area contributed by atoms with E-state index in [0.717, 1.165) is 24.9 Å². The summed E-state index contributed by atoms with van der Waals surface area (Å²) in [5.41, 5.74) is 0.198. The van der Waals surface area contributed by atoms with Gasteiger partial charge in [0.2, 0.25) is 5.91 Å². The molecule has 6 heteroatoms. The van der Waals surface area contributed by atoms with Crippen LogP contribution < -0.4 is 0 Å². The molecule has 1 unspecified atom stereocenters. The number of morpholine rings is 1. The van der Waals surface area contributed by atoms with E-state index in [1.54, 1.807) is 12.4 Å². The van der Waals surface area contributed by atoms with Crippen LogP contribution in [0.3, 0.4) is 0 Å². The minimum absolute atomic E-state index is 0.0507. The van der Waals surface area contributed by atoms with Gasteiger partial charge < -0.3 is 14.5 Å². The van der Waals surface area contributed by atoms with Gasteiger partial charge in [0.1, 0.15) is 0 Å². The number of nitrogens with zero attached hydrogens (tertiary/aromatic N) is 3. The van der Waals surface area contributed by atoms with Crippen LogP contribution in [0.2, 0.25) is 0 Å². The predicted molar refractivity (Wildman–Crippen MR) is 98.5 cm³/mol. The van der Waals surface area contributed by atoms with E-state index in [0.29, 0.717) is 39.0 Å².